The summed E-state index contributed by atoms with van der Waals surface area (Å²) < 4.78 is 5.85. The summed E-state index contributed by atoms with van der Waals surface area (Å²) in [5, 5.41) is 12.2. The largest absolute Gasteiger partial charge is 0.488 e. The minimum atomic E-state index is 0.434. The molecule has 1 aromatic heterocycles. The molecule has 1 N–H and O–H groups in total. The summed E-state index contributed by atoms with van der Waals surface area (Å²) in [6, 6.07) is 7.84. The minimum Gasteiger partial charge on any atom is -0.488 e. The van der Waals surface area contributed by atoms with Crippen LogP contribution in [0.3, 0.4) is 0 Å². The summed E-state index contributed by atoms with van der Waals surface area (Å²) in [4.78, 5) is 4.14. The Morgan fingerprint density at radius 2 is 2.00 bits per heavy atom. The first-order valence-corrected chi connectivity index (χ1v) is 6.43. The van der Waals surface area contributed by atoms with Crippen LogP contribution in [0.5, 0.6) is 5.75 Å². The van der Waals surface area contributed by atoms with E-state index in [1.165, 1.54) is 0 Å². The SMILES string of the molecule is C/C(=N/O)c1ccc(C)cc1OCc1cncc(C)c1. The summed E-state index contributed by atoms with van der Waals surface area (Å²) in [5.41, 5.74) is 4.53. The van der Waals surface area contributed by atoms with Crippen LogP contribution in [0, 0.1) is 13.8 Å². The van der Waals surface area contributed by atoms with E-state index in [2.05, 4.69) is 10.1 Å². The van der Waals surface area contributed by atoms with Gasteiger partial charge >= 0.3 is 0 Å². The highest BCUT2D eigenvalue weighted by Gasteiger charge is 2.08. The Bertz CT molecular complexity index is 636. The zero-order valence-corrected chi connectivity index (χ0v) is 11.9. The van der Waals surface area contributed by atoms with Crippen LogP contribution >= 0.6 is 0 Å². The minimum absolute atomic E-state index is 0.434. The normalized spacial score (nSPS) is 11.4. The van der Waals surface area contributed by atoms with Crippen LogP contribution < -0.4 is 4.74 Å². The number of hydrogen-bond acceptors (Lipinski definition) is 4. The van der Waals surface area contributed by atoms with Crippen LogP contribution in [0.2, 0.25) is 0 Å². The molecule has 0 bridgehead atoms. The van der Waals surface area contributed by atoms with Gasteiger partial charge in [-0.3, -0.25) is 4.98 Å². The highest BCUT2D eigenvalue weighted by Crippen LogP contribution is 2.22. The van der Waals surface area contributed by atoms with Crippen molar-refractivity contribution in [1.29, 1.82) is 0 Å². The molecule has 0 spiro atoms. The molecule has 1 heterocycles. The molecule has 0 radical (unpaired) electrons. The lowest BCUT2D eigenvalue weighted by Gasteiger charge is -2.12. The van der Waals surface area contributed by atoms with Gasteiger partial charge < -0.3 is 9.94 Å². The van der Waals surface area contributed by atoms with E-state index in [9.17, 15) is 0 Å². The maximum Gasteiger partial charge on any atom is 0.129 e. The average molecular weight is 270 g/mol. The molecule has 0 atom stereocenters. The van der Waals surface area contributed by atoms with Gasteiger partial charge in [-0.25, -0.2) is 0 Å². The van der Waals surface area contributed by atoms with Crippen molar-refractivity contribution >= 4 is 5.71 Å². The molecule has 0 amide bonds. The Kier molecular flexibility index (Phi) is 4.35. The number of hydrogen-bond donors (Lipinski definition) is 1. The van der Waals surface area contributed by atoms with Crippen molar-refractivity contribution in [3.8, 4) is 5.75 Å². The first kappa shape index (κ1) is 14.1. The Morgan fingerprint density at radius 1 is 1.20 bits per heavy atom. The van der Waals surface area contributed by atoms with E-state index in [1.807, 2.05) is 44.3 Å². The van der Waals surface area contributed by atoms with Crippen LogP contribution in [0.25, 0.3) is 0 Å². The second-order valence-corrected chi connectivity index (χ2v) is 4.84. The molecule has 2 aromatic rings. The van der Waals surface area contributed by atoms with Crippen molar-refractivity contribution in [2.45, 2.75) is 27.4 Å². The van der Waals surface area contributed by atoms with E-state index < -0.39 is 0 Å². The maximum absolute atomic E-state index is 8.93. The van der Waals surface area contributed by atoms with Gasteiger partial charge in [0.2, 0.25) is 0 Å². The molecule has 1 aromatic carbocycles. The van der Waals surface area contributed by atoms with Gasteiger partial charge in [0.25, 0.3) is 0 Å². The van der Waals surface area contributed by atoms with Gasteiger partial charge in [-0.05, 0) is 50.1 Å². The third kappa shape index (κ3) is 3.35. The van der Waals surface area contributed by atoms with Crippen LogP contribution in [0.4, 0.5) is 0 Å². The molecule has 4 heteroatoms. The Labute approximate surface area is 118 Å². The van der Waals surface area contributed by atoms with Gasteiger partial charge in [0.15, 0.2) is 0 Å². The highest BCUT2D eigenvalue weighted by atomic mass is 16.5. The Balaban J connectivity index is 2.22. The number of nitrogens with zero attached hydrogens (tertiary/aromatic N) is 2. The molecule has 0 unspecified atom stereocenters. The van der Waals surface area contributed by atoms with Crippen molar-refractivity contribution in [3.63, 3.8) is 0 Å². The maximum atomic E-state index is 8.93. The van der Waals surface area contributed by atoms with Gasteiger partial charge in [0.05, 0.1) is 5.71 Å². The van der Waals surface area contributed by atoms with Crippen LogP contribution in [-0.2, 0) is 6.61 Å². The summed E-state index contributed by atoms with van der Waals surface area (Å²) in [6.45, 7) is 6.17. The summed E-state index contributed by atoms with van der Waals surface area (Å²) >= 11 is 0. The predicted molar refractivity (Wildman–Crippen MR) is 78.5 cm³/mol. The van der Waals surface area contributed by atoms with E-state index in [1.54, 1.807) is 13.1 Å². The lowest BCUT2D eigenvalue weighted by molar-refractivity contribution is 0.302. The zero-order chi connectivity index (χ0) is 14.5. The van der Waals surface area contributed by atoms with E-state index in [0.717, 1.165) is 22.3 Å². The zero-order valence-electron chi connectivity index (χ0n) is 11.9. The number of pyridine rings is 1. The number of aryl methyl sites for hydroxylation is 2. The molecule has 0 saturated carbocycles. The quantitative estimate of drug-likeness (QED) is 0.525. The summed E-state index contributed by atoms with van der Waals surface area (Å²) in [5.74, 6) is 0.710. The number of ether oxygens (including phenoxy) is 1. The number of oxime groups is 1. The molecule has 2 rings (SSSR count). The first-order chi connectivity index (χ1) is 9.60. The van der Waals surface area contributed by atoms with Crippen molar-refractivity contribution in [2.24, 2.45) is 5.16 Å². The Hall–Kier alpha value is -2.36. The molecular formula is C16H18N2O2. The molecule has 0 saturated heterocycles. The lowest BCUT2D eigenvalue weighted by Crippen LogP contribution is -2.03. The van der Waals surface area contributed by atoms with E-state index >= 15 is 0 Å². The van der Waals surface area contributed by atoms with Crippen LogP contribution in [0.15, 0.2) is 41.8 Å². The van der Waals surface area contributed by atoms with Gasteiger partial charge in [0, 0.05) is 23.5 Å². The second-order valence-electron chi connectivity index (χ2n) is 4.84. The van der Waals surface area contributed by atoms with Gasteiger partial charge in [0.1, 0.15) is 12.4 Å². The second kappa shape index (κ2) is 6.19. The summed E-state index contributed by atoms with van der Waals surface area (Å²) in [6.07, 6.45) is 3.60. The molecule has 0 aliphatic carbocycles. The molecular weight excluding hydrogens is 252 g/mol. The van der Waals surface area contributed by atoms with Crippen molar-refractivity contribution in [1.82, 2.24) is 4.98 Å². The summed E-state index contributed by atoms with van der Waals surface area (Å²) in [7, 11) is 0. The highest BCUT2D eigenvalue weighted by molar-refractivity contribution is 6.00. The van der Waals surface area contributed by atoms with Crippen LogP contribution in [0.1, 0.15) is 29.2 Å². The van der Waals surface area contributed by atoms with E-state index in [4.69, 9.17) is 9.94 Å². The molecule has 4 nitrogen and oxygen atoms in total. The smallest absolute Gasteiger partial charge is 0.129 e. The number of benzene rings is 1. The fourth-order valence-electron chi connectivity index (χ4n) is 1.96. The monoisotopic (exact) mass is 270 g/mol. The van der Waals surface area contributed by atoms with Crippen molar-refractivity contribution in [2.75, 3.05) is 0 Å². The van der Waals surface area contributed by atoms with E-state index in [0.29, 0.717) is 18.1 Å². The molecule has 20 heavy (non-hydrogen) atoms. The van der Waals surface area contributed by atoms with E-state index in [-0.39, 0.29) is 0 Å². The predicted octanol–water partition coefficient (Wildman–Crippen LogP) is 3.48. The first-order valence-electron chi connectivity index (χ1n) is 6.43. The van der Waals surface area contributed by atoms with Gasteiger partial charge in [-0.1, -0.05) is 11.2 Å². The fourth-order valence-corrected chi connectivity index (χ4v) is 1.96. The molecule has 104 valence electrons. The third-order valence-corrected chi connectivity index (χ3v) is 3.00. The fraction of sp³-hybridized carbons (Fsp3) is 0.250. The lowest BCUT2D eigenvalue weighted by atomic mass is 10.1. The standard InChI is InChI=1S/C16H18N2O2/c1-11-4-5-15(13(3)18-19)16(7-11)20-10-14-6-12(2)8-17-9-14/h4-9,19H,10H2,1-3H3/b18-13-. The molecule has 0 aliphatic heterocycles. The van der Waals surface area contributed by atoms with Gasteiger partial charge in [-0.2, -0.15) is 0 Å². The third-order valence-electron chi connectivity index (χ3n) is 3.00. The van der Waals surface area contributed by atoms with Crippen LogP contribution in [-0.4, -0.2) is 15.9 Å². The Morgan fingerprint density at radius 3 is 2.70 bits per heavy atom. The molecule has 0 aliphatic rings. The van der Waals surface area contributed by atoms with Gasteiger partial charge in [-0.15, -0.1) is 0 Å². The van der Waals surface area contributed by atoms with Crippen molar-refractivity contribution in [3.05, 3.63) is 58.9 Å². The number of aromatic nitrogens is 1. The molecule has 0 fully saturated rings. The average Bonchev–Trinajstić information content (AvgIpc) is 2.44. The van der Waals surface area contributed by atoms with Crippen molar-refractivity contribution < 1.29 is 9.94 Å². The topological polar surface area (TPSA) is 54.7 Å². The number of rotatable bonds is 4.